The highest BCUT2D eigenvalue weighted by atomic mass is 16.4. The number of carboxylic acids is 2. The standard InChI is InChI=1S/C18H33N7O8/c1-8(2)13(17(32)33)25-16(31)11(6-12(27)28)24-15(30)10(4-3-5-22-18(20)21)23-14(29)9(19)7-26/h8-11,13,26H,3-7,19H2,1-2H3,(H,23,29)(H,24,30)(H,25,31)(H,27,28)(H,32,33)(H4,20,21,22). The van der Waals surface area contributed by atoms with Crippen molar-refractivity contribution < 1.29 is 39.3 Å². The maximum Gasteiger partial charge on any atom is 0.326 e. The van der Waals surface area contributed by atoms with Crippen LogP contribution in [0.2, 0.25) is 0 Å². The molecule has 0 aromatic carbocycles. The molecule has 0 saturated heterocycles. The number of hydrogen-bond acceptors (Lipinski definition) is 8. The number of nitrogens with zero attached hydrogens (tertiary/aromatic N) is 1. The first-order valence-corrected chi connectivity index (χ1v) is 10.1. The van der Waals surface area contributed by atoms with Crippen LogP contribution in [0.4, 0.5) is 0 Å². The van der Waals surface area contributed by atoms with Crippen molar-refractivity contribution in [2.75, 3.05) is 13.2 Å². The molecule has 0 saturated carbocycles. The molecule has 0 aliphatic rings. The highest BCUT2D eigenvalue weighted by Crippen LogP contribution is 2.05. The molecule has 0 aliphatic heterocycles. The third kappa shape index (κ3) is 11.6. The van der Waals surface area contributed by atoms with Gasteiger partial charge in [-0.25, -0.2) is 4.79 Å². The SMILES string of the molecule is CC(C)C(NC(=O)C(CC(=O)O)NC(=O)C(CCCN=C(N)N)NC(=O)C(N)CO)C(=O)O. The number of aliphatic hydroxyl groups is 1. The largest absolute Gasteiger partial charge is 0.481 e. The third-order valence-corrected chi connectivity index (χ3v) is 4.35. The minimum Gasteiger partial charge on any atom is -0.481 e. The Bertz CT molecular complexity index is 739. The van der Waals surface area contributed by atoms with E-state index in [2.05, 4.69) is 20.9 Å². The number of amides is 3. The number of nitrogens with one attached hydrogen (secondary N) is 3. The Morgan fingerprint density at radius 1 is 0.909 bits per heavy atom. The van der Waals surface area contributed by atoms with Crippen molar-refractivity contribution in [3.8, 4) is 0 Å². The number of aliphatic imine (C=N–C) groups is 1. The number of carbonyl (C=O) groups excluding carboxylic acids is 3. The van der Waals surface area contributed by atoms with Crippen molar-refractivity contribution in [1.29, 1.82) is 0 Å². The molecule has 33 heavy (non-hydrogen) atoms. The van der Waals surface area contributed by atoms with Gasteiger partial charge < -0.3 is 48.5 Å². The molecule has 0 spiro atoms. The lowest BCUT2D eigenvalue weighted by molar-refractivity contribution is -0.144. The number of rotatable bonds is 15. The van der Waals surface area contributed by atoms with Crippen LogP contribution in [0.3, 0.4) is 0 Å². The zero-order valence-corrected chi connectivity index (χ0v) is 18.5. The predicted octanol–water partition coefficient (Wildman–Crippen LogP) is -3.97. The van der Waals surface area contributed by atoms with Gasteiger partial charge in [-0.05, 0) is 18.8 Å². The summed E-state index contributed by atoms with van der Waals surface area (Å²) >= 11 is 0. The van der Waals surface area contributed by atoms with Crippen LogP contribution in [-0.2, 0) is 24.0 Å². The van der Waals surface area contributed by atoms with Crippen LogP contribution in [0.5, 0.6) is 0 Å². The normalized spacial score (nSPS) is 14.3. The molecule has 15 nitrogen and oxygen atoms in total. The van der Waals surface area contributed by atoms with Crippen molar-refractivity contribution in [1.82, 2.24) is 16.0 Å². The fourth-order valence-electron chi connectivity index (χ4n) is 2.56. The van der Waals surface area contributed by atoms with Crippen LogP contribution in [0.1, 0.15) is 33.1 Å². The van der Waals surface area contributed by atoms with Gasteiger partial charge in [0.05, 0.1) is 13.0 Å². The zero-order valence-electron chi connectivity index (χ0n) is 18.5. The maximum absolute atomic E-state index is 12.8. The van der Waals surface area contributed by atoms with Gasteiger partial charge in [-0.1, -0.05) is 13.8 Å². The molecular weight excluding hydrogens is 442 g/mol. The highest BCUT2D eigenvalue weighted by molar-refractivity contribution is 5.95. The van der Waals surface area contributed by atoms with Crippen LogP contribution in [0.25, 0.3) is 0 Å². The minimum atomic E-state index is -1.63. The highest BCUT2D eigenvalue weighted by Gasteiger charge is 2.32. The molecule has 0 heterocycles. The smallest absolute Gasteiger partial charge is 0.326 e. The molecule has 15 heteroatoms. The summed E-state index contributed by atoms with van der Waals surface area (Å²) in [5, 5.41) is 34.1. The first-order chi connectivity index (χ1) is 15.3. The molecule has 188 valence electrons. The van der Waals surface area contributed by atoms with E-state index in [1.807, 2.05) is 0 Å². The van der Waals surface area contributed by atoms with E-state index in [0.717, 1.165) is 0 Å². The van der Waals surface area contributed by atoms with E-state index in [-0.39, 0.29) is 25.3 Å². The van der Waals surface area contributed by atoms with Gasteiger partial charge in [-0.15, -0.1) is 0 Å². The summed E-state index contributed by atoms with van der Waals surface area (Å²) in [4.78, 5) is 63.6. The van der Waals surface area contributed by atoms with E-state index in [0.29, 0.717) is 0 Å². The molecule has 0 fully saturated rings. The van der Waals surface area contributed by atoms with Crippen molar-refractivity contribution >= 4 is 35.6 Å². The first-order valence-electron chi connectivity index (χ1n) is 10.1. The van der Waals surface area contributed by atoms with Gasteiger partial charge in [0, 0.05) is 6.54 Å². The average molecular weight is 476 g/mol. The lowest BCUT2D eigenvalue weighted by Gasteiger charge is -2.25. The van der Waals surface area contributed by atoms with Gasteiger partial charge in [-0.3, -0.25) is 24.2 Å². The van der Waals surface area contributed by atoms with E-state index in [1.165, 1.54) is 13.8 Å². The molecule has 3 amide bonds. The Morgan fingerprint density at radius 2 is 1.45 bits per heavy atom. The van der Waals surface area contributed by atoms with Crippen molar-refractivity contribution in [2.24, 2.45) is 28.1 Å². The first kappa shape index (κ1) is 29.5. The zero-order chi connectivity index (χ0) is 25.7. The molecule has 0 aromatic heterocycles. The van der Waals surface area contributed by atoms with E-state index in [9.17, 15) is 29.1 Å². The fourth-order valence-corrected chi connectivity index (χ4v) is 2.56. The van der Waals surface area contributed by atoms with Crippen LogP contribution < -0.4 is 33.2 Å². The summed E-state index contributed by atoms with van der Waals surface area (Å²) in [5.41, 5.74) is 15.9. The predicted molar refractivity (Wildman–Crippen MR) is 115 cm³/mol. The molecule has 0 bridgehead atoms. The molecule has 12 N–H and O–H groups in total. The number of nitrogens with two attached hydrogens (primary N) is 3. The molecule has 0 rings (SSSR count). The Labute approximate surface area is 190 Å². The number of carbonyl (C=O) groups is 5. The molecule has 4 atom stereocenters. The topological polar surface area (TPSA) is 273 Å². The minimum absolute atomic E-state index is 0.0162. The maximum atomic E-state index is 12.8. The second-order valence-electron chi connectivity index (χ2n) is 7.53. The van der Waals surface area contributed by atoms with Gasteiger partial charge in [0.2, 0.25) is 17.7 Å². The van der Waals surface area contributed by atoms with Gasteiger partial charge in [0.15, 0.2) is 5.96 Å². The molecule has 4 unspecified atom stereocenters. The Hall–Kier alpha value is -3.46. The lowest BCUT2D eigenvalue weighted by Crippen LogP contribution is -2.58. The number of guanidine groups is 1. The van der Waals surface area contributed by atoms with Gasteiger partial charge in [0.25, 0.3) is 0 Å². The van der Waals surface area contributed by atoms with Crippen LogP contribution in [-0.4, -0.2) is 88.3 Å². The lowest BCUT2D eigenvalue weighted by atomic mass is 10.0. The third-order valence-electron chi connectivity index (χ3n) is 4.35. The second kappa shape index (κ2) is 14.6. The second-order valence-corrected chi connectivity index (χ2v) is 7.53. The molecular formula is C18H33N7O8. The Morgan fingerprint density at radius 3 is 1.91 bits per heavy atom. The van der Waals surface area contributed by atoms with Crippen LogP contribution >= 0.6 is 0 Å². The summed E-state index contributed by atoms with van der Waals surface area (Å²) in [6, 6.07) is -5.53. The summed E-state index contributed by atoms with van der Waals surface area (Å²) < 4.78 is 0. The number of hydrogen-bond donors (Lipinski definition) is 9. The summed E-state index contributed by atoms with van der Waals surface area (Å²) in [6.45, 7) is 2.50. The van der Waals surface area contributed by atoms with Crippen molar-refractivity contribution in [3.05, 3.63) is 0 Å². The molecule has 0 aromatic rings. The Balaban J connectivity index is 5.54. The van der Waals surface area contributed by atoms with E-state index < -0.39 is 72.8 Å². The number of carboxylic acid groups (broad SMARTS) is 2. The molecule has 0 radical (unpaired) electrons. The van der Waals surface area contributed by atoms with E-state index in [1.54, 1.807) is 0 Å². The monoisotopic (exact) mass is 475 g/mol. The van der Waals surface area contributed by atoms with Gasteiger partial charge >= 0.3 is 11.9 Å². The fraction of sp³-hybridized carbons (Fsp3) is 0.667. The summed E-state index contributed by atoms with van der Waals surface area (Å²) in [7, 11) is 0. The van der Waals surface area contributed by atoms with E-state index >= 15 is 0 Å². The number of aliphatic hydroxyl groups excluding tert-OH is 1. The van der Waals surface area contributed by atoms with E-state index in [4.69, 9.17) is 27.4 Å². The molecule has 0 aliphatic carbocycles. The number of aliphatic carboxylic acids is 2. The average Bonchev–Trinajstić information content (AvgIpc) is 2.71. The van der Waals surface area contributed by atoms with Crippen molar-refractivity contribution in [2.45, 2.75) is 57.3 Å². The quantitative estimate of drug-likeness (QED) is 0.0625. The van der Waals surface area contributed by atoms with Crippen LogP contribution in [0, 0.1) is 5.92 Å². The van der Waals surface area contributed by atoms with Gasteiger partial charge in [-0.2, -0.15) is 0 Å². The van der Waals surface area contributed by atoms with Crippen LogP contribution in [0.15, 0.2) is 4.99 Å². The van der Waals surface area contributed by atoms with Crippen molar-refractivity contribution in [3.63, 3.8) is 0 Å². The summed E-state index contributed by atoms with van der Waals surface area (Å²) in [5.74, 6) is -6.26. The Kier molecular flexibility index (Phi) is 13.0. The van der Waals surface area contributed by atoms with Gasteiger partial charge in [0.1, 0.15) is 24.2 Å². The summed E-state index contributed by atoms with van der Waals surface area (Å²) in [6.07, 6.45) is -0.640.